The fourth-order valence-corrected chi connectivity index (χ4v) is 13.6. The Kier molecular flexibility index (Phi) is 12.8. The molecular formula is C39H53N3O9Si. The minimum atomic E-state index is -2.48. The van der Waals surface area contributed by atoms with E-state index in [1.807, 2.05) is 42.5 Å². The number of rotatable bonds is 15. The molecule has 3 aromatic rings. The third-order valence-corrected chi connectivity index (χ3v) is 16.5. The van der Waals surface area contributed by atoms with Crippen LogP contribution in [0.3, 0.4) is 0 Å². The minimum absolute atomic E-state index is 0.0218. The van der Waals surface area contributed by atoms with E-state index in [4.69, 9.17) is 23.4 Å². The number of pyridine rings is 1. The number of benzene rings is 2. The molecule has 13 heteroatoms. The van der Waals surface area contributed by atoms with E-state index in [9.17, 15) is 19.9 Å². The Hall–Kier alpha value is -4.17. The smallest absolute Gasteiger partial charge is 0.407 e. The second-order valence-corrected chi connectivity index (χ2v) is 20.0. The van der Waals surface area contributed by atoms with Gasteiger partial charge >= 0.3 is 12.0 Å². The van der Waals surface area contributed by atoms with Gasteiger partial charge in [-0.3, -0.25) is 4.79 Å². The van der Waals surface area contributed by atoms with Gasteiger partial charge in [-0.15, -0.1) is 4.73 Å². The van der Waals surface area contributed by atoms with Crippen molar-refractivity contribution in [2.75, 3.05) is 44.9 Å². The Labute approximate surface area is 307 Å². The van der Waals surface area contributed by atoms with Gasteiger partial charge in [0.25, 0.3) is 5.91 Å². The second kappa shape index (κ2) is 17.1. The van der Waals surface area contributed by atoms with E-state index in [1.54, 1.807) is 30.2 Å². The van der Waals surface area contributed by atoms with Crippen molar-refractivity contribution in [1.29, 1.82) is 0 Å². The lowest BCUT2D eigenvalue weighted by molar-refractivity contribution is -0.611. The number of amides is 2. The minimum Gasteiger partial charge on any atom is -0.616 e. The Balaban J connectivity index is 1.49. The predicted octanol–water partition coefficient (Wildman–Crippen LogP) is 7.10. The van der Waals surface area contributed by atoms with Gasteiger partial charge in [-0.2, -0.15) is 0 Å². The van der Waals surface area contributed by atoms with Crippen molar-refractivity contribution in [3.05, 3.63) is 83.2 Å². The standard InChI is InChI=1S/C39H53N3O9Si/c1-26(2)52(27(3)4,28(5)6)51-35-23-40(39(44)45)22-34(38(35)30-13-15-31(16-14-30)50-37-11-8-9-19-42(37)46)48-24-29-12-17-33-32(21-29)41(18-10-20-47-7)36(43)25-49-33/h8-9,11-17,19,21,26-28,34-35,38H,10,18,20,22-25H2,1-7H3,(H,44,45). The molecule has 0 radical (unpaired) electrons. The number of carboxylic acid groups (broad SMARTS) is 1. The lowest BCUT2D eigenvalue weighted by Gasteiger charge is -2.50. The van der Waals surface area contributed by atoms with Crippen LogP contribution in [0.1, 0.15) is 65.0 Å². The van der Waals surface area contributed by atoms with Crippen LogP contribution in [0.15, 0.2) is 66.9 Å². The molecule has 2 aromatic carbocycles. The third kappa shape index (κ3) is 8.54. The van der Waals surface area contributed by atoms with Crippen LogP contribution in [-0.4, -0.2) is 82.5 Å². The van der Waals surface area contributed by atoms with Crippen molar-refractivity contribution in [2.24, 2.45) is 0 Å². The summed E-state index contributed by atoms with van der Waals surface area (Å²) >= 11 is 0. The van der Waals surface area contributed by atoms with Gasteiger partial charge in [-0.05, 0) is 64.5 Å². The number of hydrogen-bond acceptors (Lipinski definition) is 8. The van der Waals surface area contributed by atoms with E-state index in [0.717, 1.165) is 11.1 Å². The van der Waals surface area contributed by atoms with Gasteiger partial charge in [-0.1, -0.05) is 59.7 Å². The number of nitrogens with zero attached hydrogens (tertiary/aromatic N) is 3. The van der Waals surface area contributed by atoms with Crippen molar-refractivity contribution in [2.45, 2.75) is 89.3 Å². The van der Waals surface area contributed by atoms with Crippen molar-refractivity contribution in [1.82, 2.24) is 4.90 Å². The van der Waals surface area contributed by atoms with Gasteiger partial charge in [0.2, 0.25) is 8.32 Å². The van der Waals surface area contributed by atoms with Crippen LogP contribution in [0.25, 0.3) is 0 Å². The first-order valence-electron chi connectivity index (χ1n) is 18.1. The quantitative estimate of drug-likeness (QED) is 0.0751. The van der Waals surface area contributed by atoms with Gasteiger partial charge in [0, 0.05) is 38.8 Å². The molecule has 2 amide bonds. The first-order chi connectivity index (χ1) is 24.8. The van der Waals surface area contributed by atoms with E-state index in [2.05, 4.69) is 41.5 Å². The van der Waals surface area contributed by atoms with Crippen LogP contribution in [0.5, 0.6) is 17.4 Å². The predicted molar refractivity (Wildman–Crippen MR) is 200 cm³/mol. The molecule has 1 fully saturated rings. The molecule has 52 heavy (non-hydrogen) atoms. The molecular weight excluding hydrogens is 683 g/mol. The summed E-state index contributed by atoms with van der Waals surface area (Å²) < 4.78 is 31.6. The molecule has 3 atom stereocenters. The molecule has 2 aliphatic rings. The average Bonchev–Trinajstić information content (AvgIpc) is 3.11. The number of piperidine rings is 1. The first-order valence-corrected chi connectivity index (χ1v) is 20.3. The molecule has 0 bridgehead atoms. The van der Waals surface area contributed by atoms with E-state index < -0.39 is 26.6 Å². The first kappa shape index (κ1) is 39.0. The zero-order valence-electron chi connectivity index (χ0n) is 31.3. The van der Waals surface area contributed by atoms with Gasteiger partial charge in [0.15, 0.2) is 12.8 Å². The maximum atomic E-state index is 12.8. The molecule has 282 valence electrons. The van der Waals surface area contributed by atoms with E-state index in [1.165, 1.54) is 11.1 Å². The molecule has 3 heterocycles. The van der Waals surface area contributed by atoms with Crippen molar-refractivity contribution in [3.63, 3.8) is 0 Å². The highest BCUT2D eigenvalue weighted by Gasteiger charge is 2.51. The molecule has 1 aromatic heterocycles. The molecule has 1 saturated heterocycles. The number of aromatic nitrogens is 1. The average molecular weight is 736 g/mol. The highest BCUT2D eigenvalue weighted by Crippen LogP contribution is 2.46. The molecule has 3 unspecified atom stereocenters. The number of carbonyl (C=O) groups is 2. The van der Waals surface area contributed by atoms with E-state index >= 15 is 0 Å². The summed E-state index contributed by atoms with van der Waals surface area (Å²) in [6.07, 6.45) is -0.0165. The van der Waals surface area contributed by atoms with Gasteiger partial charge in [-0.25, -0.2) is 4.79 Å². The highest BCUT2D eigenvalue weighted by molar-refractivity contribution is 6.77. The monoisotopic (exact) mass is 735 g/mol. The lowest BCUT2D eigenvalue weighted by atomic mass is 9.84. The third-order valence-electron chi connectivity index (χ3n) is 10.4. The van der Waals surface area contributed by atoms with Crippen LogP contribution in [0.4, 0.5) is 10.5 Å². The van der Waals surface area contributed by atoms with E-state index in [0.29, 0.717) is 41.5 Å². The maximum Gasteiger partial charge on any atom is 0.407 e. The molecule has 0 spiro atoms. The van der Waals surface area contributed by atoms with Gasteiger partial charge < -0.3 is 43.5 Å². The molecule has 1 N–H and O–H groups in total. The summed E-state index contributed by atoms with van der Waals surface area (Å²) in [5.74, 6) is 0.836. The van der Waals surface area contributed by atoms with Crippen LogP contribution >= 0.6 is 0 Å². The van der Waals surface area contributed by atoms with Crippen molar-refractivity contribution >= 4 is 26.0 Å². The molecule has 2 aliphatic heterocycles. The SMILES string of the molecule is COCCCN1C(=O)COc2ccc(COC3CN(C(=O)O)CC(O[Si](C(C)C)(C(C)C)C(C)C)C3c3ccc(Oc4cccc[n+]4[O-])cc3)cc21. The molecule has 0 saturated carbocycles. The largest absolute Gasteiger partial charge is 0.616 e. The lowest BCUT2D eigenvalue weighted by Crippen LogP contribution is -2.59. The Morgan fingerprint density at radius 1 is 1.00 bits per heavy atom. The zero-order chi connectivity index (χ0) is 37.6. The molecule has 0 aliphatic carbocycles. The molecule has 5 rings (SSSR count). The summed E-state index contributed by atoms with van der Waals surface area (Å²) in [6.45, 7) is 14.8. The Morgan fingerprint density at radius 2 is 1.69 bits per heavy atom. The van der Waals surface area contributed by atoms with Crippen LogP contribution < -0.4 is 19.1 Å². The van der Waals surface area contributed by atoms with Crippen molar-refractivity contribution < 1.29 is 42.8 Å². The van der Waals surface area contributed by atoms with Crippen molar-refractivity contribution in [3.8, 4) is 17.4 Å². The topological polar surface area (TPSA) is 134 Å². The summed E-state index contributed by atoms with van der Waals surface area (Å²) in [5, 5.41) is 22.6. The van der Waals surface area contributed by atoms with E-state index in [-0.39, 0.29) is 60.6 Å². The fourth-order valence-electron chi connectivity index (χ4n) is 8.02. The number of fused-ring (bicyclic) bond motifs is 1. The zero-order valence-corrected chi connectivity index (χ0v) is 32.3. The molecule has 12 nitrogen and oxygen atoms in total. The Morgan fingerprint density at radius 3 is 2.33 bits per heavy atom. The van der Waals surface area contributed by atoms with Crippen LogP contribution in [0.2, 0.25) is 16.6 Å². The van der Waals surface area contributed by atoms with Crippen LogP contribution in [-0.2, 0) is 25.3 Å². The van der Waals surface area contributed by atoms with Gasteiger partial charge in [0.05, 0.1) is 37.1 Å². The maximum absolute atomic E-state index is 12.8. The number of hydrogen-bond donors (Lipinski definition) is 1. The summed E-state index contributed by atoms with van der Waals surface area (Å²) in [5.41, 5.74) is 3.26. The normalized spacial score (nSPS) is 19.3. The number of methoxy groups -OCH3 is 1. The summed E-state index contributed by atoms with van der Waals surface area (Å²) in [4.78, 5) is 28.6. The van der Waals surface area contributed by atoms with Crippen LogP contribution in [0, 0.1) is 5.21 Å². The number of carbonyl (C=O) groups excluding carboxylic acids is 1. The Bertz CT molecular complexity index is 1650. The number of ether oxygens (including phenoxy) is 4. The number of anilines is 1. The number of likely N-dealkylation sites (tertiary alicyclic amines) is 1. The van der Waals surface area contributed by atoms with Gasteiger partial charge in [0.1, 0.15) is 11.5 Å². The summed E-state index contributed by atoms with van der Waals surface area (Å²) in [6, 6.07) is 18.2. The highest BCUT2D eigenvalue weighted by atomic mass is 28.4. The second-order valence-electron chi connectivity index (χ2n) is 14.6. The fraction of sp³-hybridized carbons (Fsp3) is 0.513. The summed E-state index contributed by atoms with van der Waals surface area (Å²) in [7, 11) is -0.846.